The smallest absolute Gasteiger partial charge is 0.258 e. The van der Waals surface area contributed by atoms with Crippen molar-refractivity contribution >= 4 is 26.5 Å². The van der Waals surface area contributed by atoms with Gasteiger partial charge in [-0.3, -0.25) is 4.31 Å². The molecule has 0 unspecified atom stereocenters. The number of unbranched alkanes of at least 4 members (excludes halogenated alkanes) is 1. The van der Waals surface area contributed by atoms with Gasteiger partial charge in [-0.2, -0.15) is 0 Å². The molecule has 0 aliphatic carbocycles. The van der Waals surface area contributed by atoms with Gasteiger partial charge in [0.15, 0.2) is 5.82 Å². The first-order valence-corrected chi connectivity index (χ1v) is 9.36. The monoisotopic (exact) mass is 343 g/mol. The number of rotatable bonds is 5. The molecule has 24 heavy (non-hydrogen) atoms. The average Bonchev–Trinajstić information content (AvgIpc) is 3.11. The van der Waals surface area contributed by atoms with Crippen molar-refractivity contribution in [1.29, 1.82) is 0 Å². The second-order valence-electron chi connectivity index (χ2n) is 5.81. The fourth-order valence-corrected chi connectivity index (χ4v) is 4.74. The number of sulfonamides is 1. The molecule has 0 amide bonds. The maximum atomic E-state index is 13.0. The third-order valence-corrected chi connectivity index (χ3v) is 6.10. The third-order valence-electron chi connectivity index (χ3n) is 4.30. The van der Waals surface area contributed by atoms with Gasteiger partial charge in [-0.05, 0) is 34.4 Å². The second kappa shape index (κ2) is 5.55. The zero-order chi connectivity index (χ0) is 16.7. The Bertz CT molecular complexity index is 1010. The van der Waals surface area contributed by atoms with Crippen LogP contribution in [0, 0.1) is 0 Å². The Morgan fingerprint density at radius 3 is 2.71 bits per heavy atom. The Hall–Kier alpha value is -2.48. The molecule has 0 radical (unpaired) electrons. The molecular formula is C16H17N5O2S. The first kappa shape index (κ1) is 15.1. The average molecular weight is 343 g/mol. The fourth-order valence-electron chi connectivity index (χ4n) is 3.08. The molecule has 0 spiro atoms. The van der Waals surface area contributed by atoms with E-state index in [0.717, 1.165) is 23.6 Å². The summed E-state index contributed by atoms with van der Waals surface area (Å²) in [7, 11) is -3.59. The van der Waals surface area contributed by atoms with Crippen LogP contribution >= 0.6 is 0 Å². The van der Waals surface area contributed by atoms with Crippen molar-refractivity contribution in [2.45, 2.75) is 37.8 Å². The predicted molar refractivity (Wildman–Crippen MR) is 90.0 cm³/mol. The number of aromatic nitrogens is 4. The minimum atomic E-state index is -3.59. The van der Waals surface area contributed by atoms with E-state index < -0.39 is 10.0 Å². The molecule has 0 saturated carbocycles. The molecule has 1 aliphatic heterocycles. The van der Waals surface area contributed by atoms with Crippen molar-refractivity contribution < 1.29 is 8.42 Å². The SMILES string of the molecule is CCCCn1nnnc1CN1c2cccc3cccc(c23)S1(=O)=O. The maximum absolute atomic E-state index is 13.0. The molecule has 0 bridgehead atoms. The van der Waals surface area contributed by atoms with Crippen molar-refractivity contribution in [3.8, 4) is 0 Å². The normalized spacial score (nSPS) is 15.3. The van der Waals surface area contributed by atoms with E-state index in [0.29, 0.717) is 23.0 Å². The van der Waals surface area contributed by atoms with Gasteiger partial charge in [0.25, 0.3) is 10.0 Å². The second-order valence-corrected chi connectivity index (χ2v) is 7.65. The highest BCUT2D eigenvalue weighted by Gasteiger charge is 2.36. The highest BCUT2D eigenvalue weighted by Crippen LogP contribution is 2.42. The van der Waals surface area contributed by atoms with Crippen LogP contribution in [0.1, 0.15) is 25.6 Å². The number of hydrogen-bond donors (Lipinski definition) is 0. The molecule has 0 atom stereocenters. The van der Waals surface area contributed by atoms with Gasteiger partial charge in [0.2, 0.25) is 0 Å². The molecule has 0 saturated heterocycles. The molecular weight excluding hydrogens is 326 g/mol. The van der Waals surface area contributed by atoms with Crippen molar-refractivity contribution in [1.82, 2.24) is 20.2 Å². The summed E-state index contributed by atoms with van der Waals surface area (Å²) < 4.78 is 29.0. The van der Waals surface area contributed by atoms with Crippen LogP contribution < -0.4 is 4.31 Å². The van der Waals surface area contributed by atoms with Crippen LogP contribution in [-0.2, 0) is 23.1 Å². The summed E-state index contributed by atoms with van der Waals surface area (Å²) in [6, 6.07) is 11.0. The molecule has 124 valence electrons. The summed E-state index contributed by atoms with van der Waals surface area (Å²) in [6.45, 7) is 2.91. The van der Waals surface area contributed by atoms with Crippen LogP contribution in [0.4, 0.5) is 5.69 Å². The van der Waals surface area contributed by atoms with E-state index >= 15 is 0 Å². The quantitative estimate of drug-likeness (QED) is 0.710. The van der Waals surface area contributed by atoms with Gasteiger partial charge in [-0.1, -0.05) is 37.6 Å². The summed E-state index contributed by atoms with van der Waals surface area (Å²) in [5, 5.41) is 13.4. The lowest BCUT2D eigenvalue weighted by Gasteiger charge is -2.18. The summed E-state index contributed by atoms with van der Waals surface area (Å²) in [6.07, 6.45) is 1.96. The predicted octanol–water partition coefficient (Wildman–Crippen LogP) is 2.34. The van der Waals surface area contributed by atoms with E-state index in [-0.39, 0.29) is 6.54 Å². The van der Waals surface area contributed by atoms with Crippen LogP contribution in [-0.4, -0.2) is 28.6 Å². The van der Waals surface area contributed by atoms with Crippen molar-refractivity contribution in [2.75, 3.05) is 4.31 Å². The molecule has 0 fully saturated rings. The lowest BCUT2D eigenvalue weighted by Crippen LogP contribution is -2.28. The molecule has 2 aromatic carbocycles. The lowest BCUT2D eigenvalue weighted by atomic mass is 10.1. The summed E-state index contributed by atoms with van der Waals surface area (Å²) >= 11 is 0. The fraction of sp³-hybridized carbons (Fsp3) is 0.312. The summed E-state index contributed by atoms with van der Waals surface area (Å²) in [4.78, 5) is 0.350. The number of anilines is 1. The van der Waals surface area contributed by atoms with E-state index in [2.05, 4.69) is 22.4 Å². The van der Waals surface area contributed by atoms with Gasteiger partial charge in [0.05, 0.1) is 17.1 Å². The first-order chi connectivity index (χ1) is 11.6. The van der Waals surface area contributed by atoms with Crippen LogP contribution in [0.5, 0.6) is 0 Å². The molecule has 2 heterocycles. The summed E-state index contributed by atoms with van der Waals surface area (Å²) in [5.41, 5.74) is 0.688. The standard InChI is InChI=1S/C16H17N5O2S/c1-2-3-10-20-15(17-18-19-20)11-21-13-8-4-6-12-7-5-9-14(16(12)13)24(21,22)23/h4-9H,2-3,10-11H2,1H3. The van der Waals surface area contributed by atoms with Gasteiger partial charge >= 0.3 is 0 Å². The number of tetrazole rings is 1. The Balaban J connectivity index is 1.78. The van der Waals surface area contributed by atoms with Crippen molar-refractivity contribution in [2.24, 2.45) is 0 Å². The van der Waals surface area contributed by atoms with E-state index in [9.17, 15) is 8.42 Å². The minimum absolute atomic E-state index is 0.132. The molecule has 1 aliphatic rings. The van der Waals surface area contributed by atoms with Crippen LogP contribution in [0.15, 0.2) is 41.3 Å². The third kappa shape index (κ3) is 2.17. The van der Waals surface area contributed by atoms with Crippen LogP contribution in [0.2, 0.25) is 0 Å². The molecule has 3 aromatic rings. The van der Waals surface area contributed by atoms with E-state index in [1.54, 1.807) is 16.8 Å². The number of nitrogens with zero attached hydrogens (tertiary/aromatic N) is 5. The highest BCUT2D eigenvalue weighted by atomic mass is 32.2. The molecule has 8 heteroatoms. The molecule has 7 nitrogen and oxygen atoms in total. The van der Waals surface area contributed by atoms with Gasteiger partial charge < -0.3 is 0 Å². The first-order valence-electron chi connectivity index (χ1n) is 7.92. The van der Waals surface area contributed by atoms with Gasteiger partial charge in [0.1, 0.15) is 0 Å². The number of benzene rings is 2. The lowest BCUT2D eigenvalue weighted by molar-refractivity contribution is 0.531. The van der Waals surface area contributed by atoms with E-state index in [1.165, 1.54) is 4.31 Å². The highest BCUT2D eigenvalue weighted by molar-refractivity contribution is 7.93. The number of hydrogen-bond acceptors (Lipinski definition) is 5. The summed E-state index contributed by atoms with van der Waals surface area (Å²) in [5.74, 6) is 0.553. The number of aryl methyl sites for hydroxylation is 1. The zero-order valence-electron chi connectivity index (χ0n) is 13.3. The van der Waals surface area contributed by atoms with E-state index in [1.807, 2.05) is 24.3 Å². The Morgan fingerprint density at radius 1 is 1.12 bits per heavy atom. The Kier molecular flexibility index (Phi) is 3.49. The van der Waals surface area contributed by atoms with Crippen molar-refractivity contribution in [3.05, 3.63) is 42.2 Å². The molecule has 1 aromatic heterocycles. The largest absolute Gasteiger partial charge is 0.265 e. The van der Waals surface area contributed by atoms with Crippen LogP contribution in [0.3, 0.4) is 0 Å². The topological polar surface area (TPSA) is 81.0 Å². The van der Waals surface area contributed by atoms with Crippen LogP contribution in [0.25, 0.3) is 10.8 Å². The minimum Gasteiger partial charge on any atom is -0.258 e. The van der Waals surface area contributed by atoms with Gasteiger partial charge in [0, 0.05) is 11.9 Å². The van der Waals surface area contributed by atoms with Gasteiger partial charge in [-0.15, -0.1) is 5.10 Å². The van der Waals surface area contributed by atoms with E-state index in [4.69, 9.17) is 0 Å². The van der Waals surface area contributed by atoms with Crippen molar-refractivity contribution in [3.63, 3.8) is 0 Å². The Labute approximate surface area is 139 Å². The zero-order valence-corrected chi connectivity index (χ0v) is 14.1. The molecule has 0 N–H and O–H groups in total. The molecule has 4 rings (SSSR count). The van der Waals surface area contributed by atoms with Gasteiger partial charge in [-0.25, -0.2) is 13.1 Å². The maximum Gasteiger partial charge on any atom is 0.265 e. The Morgan fingerprint density at radius 2 is 1.92 bits per heavy atom.